The van der Waals surface area contributed by atoms with E-state index in [0.29, 0.717) is 5.69 Å². The molecular weight excluding hydrogens is 124 g/mol. The molecule has 0 saturated heterocycles. The molecule has 1 N–H and O–H groups in total. The van der Waals surface area contributed by atoms with Gasteiger partial charge in [-0.3, -0.25) is 0 Å². The van der Waals surface area contributed by atoms with E-state index in [9.17, 15) is 0 Å². The smallest absolute Gasteiger partial charge is 0.135 e. The van der Waals surface area contributed by atoms with Gasteiger partial charge in [-0.15, -0.1) is 6.42 Å². The maximum atomic E-state index is 5.17. The fourth-order valence-electron chi connectivity index (χ4n) is 0.722. The minimum absolute atomic E-state index is 0.657. The van der Waals surface area contributed by atoms with E-state index in [0.717, 1.165) is 5.69 Å². The van der Waals surface area contributed by atoms with Crippen LogP contribution in [0, 0.1) is 12.3 Å². The molecule has 0 fully saturated rings. The molecule has 0 radical (unpaired) electrons. The van der Waals surface area contributed by atoms with Gasteiger partial charge in [0.15, 0.2) is 0 Å². The van der Waals surface area contributed by atoms with Gasteiger partial charge in [0, 0.05) is 13.2 Å². The van der Waals surface area contributed by atoms with E-state index in [1.54, 1.807) is 6.20 Å². The summed E-state index contributed by atoms with van der Waals surface area (Å²) in [4.78, 5) is 3.97. The molecule has 0 unspecified atom stereocenters. The Bertz CT molecular complexity index is 260. The van der Waals surface area contributed by atoms with E-state index in [1.165, 1.54) is 0 Å². The second kappa shape index (κ2) is 2.88. The van der Waals surface area contributed by atoms with Crippen LogP contribution in [0.2, 0.25) is 0 Å². The van der Waals surface area contributed by atoms with Crippen LogP contribution in [0.25, 0.3) is 0 Å². The van der Waals surface area contributed by atoms with Gasteiger partial charge in [-0.05, 0) is 18.1 Å². The standard InChI is InChI=1S/C8H8N2/c1-3-7-8(9-2)5-4-6-10-7/h1,4-6,9H,2H3. The summed E-state index contributed by atoms with van der Waals surface area (Å²) in [5.41, 5.74) is 1.55. The second-order valence-corrected chi connectivity index (χ2v) is 1.79. The van der Waals surface area contributed by atoms with Crippen LogP contribution in [0.3, 0.4) is 0 Å². The van der Waals surface area contributed by atoms with Crippen LogP contribution in [0.1, 0.15) is 5.69 Å². The van der Waals surface area contributed by atoms with Gasteiger partial charge in [0.1, 0.15) is 5.69 Å². The van der Waals surface area contributed by atoms with Gasteiger partial charge in [0.25, 0.3) is 0 Å². The van der Waals surface area contributed by atoms with Crippen molar-refractivity contribution in [2.24, 2.45) is 0 Å². The van der Waals surface area contributed by atoms with Crippen molar-refractivity contribution >= 4 is 5.69 Å². The topological polar surface area (TPSA) is 24.9 Å². The summed E-state index contributed by atoms with van der Waals surface area (Å²) >= 11 is 0. The van der Waals surface area contributed by atoms with E-state index in [4.69, 9.17) is 6.42 Å². The number of hydrogen-bond donors (Lipinski definition) is 1. The third kappa shape index (κ3) is 1.08. The summed E-state index contributed by atoms with van der Waals surface area (Å²) in [6.45, 7) is 0. The van der Waals surface area contributed by atoms with Crippen molar-refractivity contribution in [1.82, 2.24) is 4.98 Å². The maximum Gasteiger partial charge on any atom is 0.135 e. The molecule has 50 valence electrons. The van der Waals surface area contributed by atoms with Gasteiger partial charge >= 0.3 is 0 Å². The average Bonchev–Trinajstić information content (AvgIpc) is 2.04. The van der Waals surface area contributed by atoms with Crippen LogP contribution in [0.4, 0.5) is 5.69 Å². The van der Waals surface area contributed by atoms with Crippen LogP contribution < -0.4 is 5.32 Å². The minimum Gasteiger partial charge on any atom is -0.386 e. The largest absolute Gasteiger partial charge is 0.386 e. The van der Waals surface area contributed by atoms with Gasteiger partial charge in [-0.1, -0.05) is 0 Å². The fourth-order valence-corrected chi connectivity index (χ4v) is 0.722. The molecule has 0 aliphatic heterocycles. The van der Waals surface area contributed by atoms with Gasteiger partial charge in [0.05, 0.1) is 5.69 Å². The Balaban J connectivity index is 3.12. The maximum absolute atomic E-state index is 5.17. The number of aromatic nitrogens is 1. The number of nitrogens with zero attached hydrogens (tertiary/aromatic N) is 1. The summed E-state index contributed by atoms with van der Waals surface area (Å²) < 4.78 is 0. The lowest BCUT2D eigenvalue weighted by Gasteiger charge is -1.99. The molecule has 0 aromatic carbocycles. The van der Waals surface area contributed by atoms with Crippen LogP contribution in [-0.2, 0) is 0 Å². The van der Waals surface area contributed by atoms with Gasteiger partial charge < -0.3 is 5.32 Å². The van der Waals surface area contributed by atoms with Crippen molar-refractivity contribution in [2.45, 2.75) is 0 Å². The van der Waals surface area contributed by atoms with E-state index in [-0.39, 0.29) is 0 Å². The molecule has 0 amide bonds. The molecule has 1 aromatic heterocycles. The number of pyridine rings is 1. The molecular formula is C8H8N2. The summed E-state index contributed by atoms with van der Waals surface area (Å²) in [5.74, 6) is 2.47. The molecule has 1 aromatic rings. The van der Waals surface area contributed by atoms with Crippen molar-refractivity contribution in [2.75, 3.05) is 12.4 Å². The zero-order valence-electron chi connectivity index (χ0n) is 5.76. The Kier molecular flexibility index (Phi) is 1.91. The molecule has 2 nitrogen and oxygen atoms in total. The molecule has 0 spiro atoms. The molecule has 0 aliphatic carbocycles. The lowest BCUT2D eigenvalue weighted by Crippen LogP contribution is -1.93. The van der Waals surface area contributed by atoms with Crippen LogP contribution >= 0.6 is 0 Å². The third-order valence-electron chi connectivity index (χ3n) is 1.21. The van der Waals surface area contributed by atoms with Crippen molar-refractivity contribution in [3.05, 3.63) is 24.0 Å². The highest BCUT2D eigenvalue weighted by atomic mass is 14.9. The van der Waals surface area contributed by atoms with E-state index < -0.39 is 0 Å². The predicted octanol–water partition coefficient (Wildman–Crippen LogP) is 1.10. The van der Waals surface area contributed by atoms with Gasteiger partial charge in [0.2, 0.25) is 0 Å². The first kappa shape index (κ1) is 6.63. The minimum atomic E-state index is 0.657. The number of hydrogen-bond acceptors (Lipinski definition) is 2. The monoisotopic (exact) mass is 132 g/mol. The summed E-state index contributed by atoms with van der Waals surface area (Å²) in [5, 5.41) is 2.94. The molecule has 2 heteroatoms. The Labute approximate surface area is 60.3 Å². The van der Waals surface area contributed by atoms with Crippen molar-refractivity contribution < 1.29 is 0 Å². The molecule has 0 saturated carbocycles. The van der Waals surface area contributed by atoms with Gasteiger partial charge in [-0.2, -0.15) is 0 Å². The lowest BCUT2D eigenvalue weighted by molar-refractivity contribution is 1.27. The zero-order valence-corrected chi connectivity index (χ0v) is 5.76. The Morgan fingerprint density at radius 3 is 3.00 bits per heavy atom. The Hall–Kier alpha value is -1.49. The molecule has 10 heavy (non-hydrogen) atoms. The molecule has 0 atom stereocenters. The SMILES string of the molecule is C#Cc1ncccc1NC. The molecule has 0 aliphatic rings. The first-order chi connectivity index (χ1) is 4.88. The third-order valence-corrected chi connectivity index (χ3v) is 1.21. The van der Waals surface area contributed by atoms with Crippen molar-refractivity contribution in [1.29, 1.82) is 0 Å². The Morgan fingerprint density at radius 1 is 1.70 bits per heavy atom. The molecule has 1 rings (SSSR count). The van der Waals surface area contributed by atoms with E-state index >= 15 is 0 Å². The summed E-state index contributed by atoms with van der Waals surface area (Å²) in [6.07, 6.45) is 6.85. The number of nitrogens with one attached hydrogen (secondary N) is 1. The summed E-state index contributed by atoms with van der Waals surface area (Å²) in [6, 6.07) is 3.73. The zero-order chi connectivity index (χ0) is 7.40. The fraction of sp³-hybridized carbons (Fsp3) is 0.125. The van der Waals surface area contributed by atoms with Crippen LogP contribution in [0.5, 0.6) is 0 Å². The number of anilines is 1. The summed E-state index contributed by atoms with van der Waals surface area (Å²) in [7, 11) is 1.82. The highest BCUT2D eigenvalue weighted by Gasteiger charge is 1.93. The Morgan fingerprint density at radius 2 is 2.50 bits per heavy atom. The lowest BCUT2D eigenvalue weighted by atomic mass is 10.3. The number of terminal acetylenes is 1. The molecule has 1 heterocycles. The quantitative estimate of drug-likeness (QED) is 0.579. The average molecular weight is 132 g/mol. The van der Waals surface area contributed by atoms with E-state index in [2.05, 4.69) is 16.2 Å². The first-order valence-corrected chi connectivity index (χ1v) is 2.98. The molecule has 0 bridgehead atoms. The number of rotatable bonds is 1. The van der Waals surface area contributed by atoms with Crippen LogP contribution in [0.15, 0.2) is 18.3 Å². The van der Waals surface area contributed by atoms with Gasteiger partial charge in [-0.25, -0.2) is 4.98 Å². The van der Waals surface area contributed by atoms with Crippen LogP contribution in [-0.4, -0.2) is 12.0 Å². The predicted molar refractivity (Wildman–Crippen MR) is 41.7 cm³/mol. The second-order valence-electron chi connectivity index (χ2n) is 1.79. The highest BCUT2D eigenvalue weighted by Crippen LogP contribution is 2.08. The highest BCUT2D eigenvalue weighted by molar-refractivity contribution is 5.53. The normalized spacial score (nSPS) is 8.40. The van der Waals surface area contributed by atoms with Crippen molar-refractivity contribution in [3.63, 3.8) is 0 Å². The van der Waals surface area contributed by atoms with Crippen molar-refractivity contribution in [3.8, 4) is 12.3 Å². The first-order valence-electron chi connectivity index (χ1n) is 2.98. The van der Waals surface area contributed by atoms with E-state index in [1.807, 2.05) is 19.2 Å².